The van der Waals surface area contributed by atoms with Crippen molar-refractivity contribution in [2.45, 2.75) is 51.6 Å². The van der Waals surface area contributed by atoms with Gasteiger partial charge in [-0.2, -0.15) is 18.3 Å². The highest BCUT2D eigenvalue weighted by molar-refractivity contribution is 5.92. The van der Waals surface area contributed by atoms with Crippen LogP contribution in [0.1, 0.15) is 51.0 Å². The van der Waals surface area contributed by atoms with Gasteiger partial charge in [0.15, 0.2) is 0 Å². The van der Waals surface area contributed by atoms with Gasteiger partial charge in [-0.05, 0) is 30.9 Å². The summed E-state index contributed by atoms with van der Waals surface area (Å²) in [6.45, 7) is 1.92. The van der Waals surface area contributed by atoms with E-state index in [1.54, 1.807) is 0 Å². The highest BCUT2D eigenvalue weighted by Crippen LogP contribution is 2.45. The highest BCUT2D eigenvalue weighted by Gasteiger charge is 2.48. The fourth-order valence-corrected chi connectivity index (χ4v) is 3.33. The van der Waals surface area contributed by atoms with Gasteiger partial charge in [0.1, 0.15) is 23.1 Å². The first-order chi connectivity index (χ1) is 13.4. The van der Waals surface area contributed by atoms with E-state index in [9.17, 15) is 26.7 Å². The summed E-state index contributed by atoms with van der Waals surface area (Å²) in [6.07, 6.45) is -2.77. The fourth-order valence-electron chi connectivity index (χ4n) is 3.33. The fraction of sp³-hybridized carbons (Fsp3) is 0.500. The summed E-state index contributed by atoms with van der Waals surface area (Å²) >= 11 is 0. The molecule has 4 nitrogen and oxygen atoms in total. The summed E-state index contributed by atoms with van der Waals surface area (Å²) in [7, 11) is 1.53. The molecule has 1 N–H and O–H groups in total. The van der Waals surface area contributed by atoms with Gasteiger partial charge in [0.25, 0.3) is 0 Å². The molecule has 158 valence electrons. The molecular formula is C20H22F5N3O. The minimum atomic E-state index is -4.53. The van der Waals surface area contributed by atoms with Crippen molar-refractivity contribution in [1.29, 1.82) is 0 Å². The number of hydrogen-bond acceptors (Lipinski definition) is 2. The maximum atomic E-state index is 14.4. The van der Waals surface area contributed by atoms with Gasteiger partial charge in [-0.3, -0.25) is 9.48 Å². The number of benzene rings is 1. The molecule has 2 aromatic rings. The topological polar surface area (TPSA) is 46.9 Å². The first kappa shape index (κ1) is 21.3. The van der Waals surface area contributed by atoms with E-state index >= 15 is 0 Å². The van der Waals surface area contributed by atoms with Gasteiger partial charge >= 0.3 is 6.18 Å². The van der Waals surface area contributed by atoms with Gasteiger partial charge in [0.05, 0.1) is 5.41 Å². The van der Waals surface area contributed by atoms with Crippen LogP contribution in [0.3, 0.4) is 0 Å². The summed E-state index contributed by atoms with van der Waals surface area (Å²) in [5.74, 6) is -2.08. The lowest BCUT2D eigenvalue weighted by molar-refractivity contribution is -0.213. The SMILES string of the molecule is Cn1nc(-c2ccc(F)cc2F)c(C2CCC2)c1NC(=O)CC(C)(C)C(F)(F)F. The van der Waals surface area contributed by atoms with Gasteiger partial charge in [-0.1, -0.05) is 20.3 Å². The van der Waals surface area contributed by atoms with E-state index < -0.39 is 35.6 Å². The maximum absolute atomic E-state index is 14.4. The molecule has 0 atom stereocenters. The highest BCUT2D eigenvalue weighted by atomic mass is 19.4. The first-order valence-corrected chi connectivity index (χ1v) is 9.29. The molecule has 9 heteroatoms. The van der Waals surface area contributed by atoms with Crippen LogP contribution in [-0.4, -0.2) is 21.9 Å². The minimum absolute atomic E-state index is 0.00548. The summed E-state index contributed by atoms with van der Waals surface area (Å²) in [5.41, 5.74) is -1.28. The van der Waals surface area contributed by atoms with Gasteiger partial charge in [-0.15, -0.1) is 0 Å². The van der Waals surface area contributed by atoms with Gasteiger partial charge < -0.3 is 5.32 Å². The average molecular weight is 415 g/mol. The van der Waals surface area contributed by atoms with Crippen molar-refractivity contribution in [3.8, 4) is 11.3 Å². The Morgan fingerprint density at radius 1 is 1.24 bits per heavy atom. The Morgan fingerprint density at radius 3 is 2.41 bits per heavy atom. The third-order valence-corrected chi connectivity index (χ3v) is 5.41. The quantitative estimate of drug-likeness (QED) is 0.651. The molecule has 29 heavy (non-hydrogen) atoms. The van der Waals surface area contributed by atoms with Crippen molar-refractivity contribution >= 4 is 11.7 Å². The number of nitrogens with zero attached hydrogens (tertiary/aromatic N) is 2. The summed E-state index contributed by atoms with van der Waals surface area (Å²) in [4.78, 5) is 12.4. The Hall–Kier alpha value is -2.45. The van der Waals surface area contributed by atoms with Gasteiger partial charge in [0.2, 0.25) is 5.91 Å². The van der Waals surface area contributed by atoms with Crippen molar-refractivity contribution in [3.05, 3.63) is 35.4 Å². The van der Waals surface area contributed by atoms with Crippen LogP contribution in [0.15, 0.2) is 18.2 Å². The largest absolute Gasteiger partial charge is 0.394 e. The summed E-state index contributed by atoms with van der Waals surface area (Å²) in [5, 5.41) is 6.83. The van der Waals surface area contributed by atoms with Crippen molar-refractivity contribution in [3.63, 3.8) is 0 Å². The number of aryl methyl sites for hydroxylation is 1. The number of carbonyl (C=O) groups excluding carboxylic acids is 1. The van der Waals surface area contributed by atoms with E-state index in [-0.39, 0.29) is 23.0 Å². The Morgan fingerprint density at radius 2 is 1.90 bits per heavy atom. The van der Waals surface area contributed by atoms with Crippen LogP contribution in [0.2, 0.25) is 0 Å². The maximum Gasteiger partial charge on any atom is 0.394 e. The van der Waals surface area contributed by atoms with E-state index in [0.717, 1.165) is 45.2 Å². The molecule has 0 radical (unpaired) electrons. The van der Waals surface area contributed by atoms with Crippen LogP contribution in [0.25, 0.3) is 11.3 Å². The Labute approximate surface area is 165 Å². The standard InChI is InChI=1S/C20H22F5N3O/c1-19(2,20(23,24)25)10-15(29)26-18-16(11-5-4-6-11)17(27-28(18)3)13-8-7-12(21)9-14(13)22/h7-9,11H,4-6,10H2,1-3H3,(H,26,29). The lowest BCUT2D eigenvalue weighted by atomic mass is 9.78. The van der Waals surface area contributed by atoms with E-state index in [1.165, 1.54) is 17.8 Å². The molecular weight excluding hydrogens is 393 g/mol. The molecule has 0 unspecified atom stereocenters. The number of halogens is 5. The van der Waals surface area contributed by atoms with E-state index in [4.69, 9.17) is 0 Å². The number of hydrogen-bond donors (Lipinski definition) is 1. The van der Waals surface area contributed by atoms with Crippen molar-refractivity contribution in [2.24, 2.45) is 12.5 Å². The molecule has 1 heterocycles. The van der Waals surface area contributed by atoms with Crippen LogP contribution in [0.5, 0.6) is 0 Å². The van der Waals surface area contributed by atoms with Crippen LogP contribution < -0.4 is 5.32 Å². The third-order valence-electron chi connectivity index (χ3n) is 5.41. The number of nitrogens with one attached hydrogen (secondary N) is 1. The summed E-state index contributed by atoms with van der Waals surface area (Å²) in [6, 6.07) is 3.13. The van der Waals surface area contributed by atoms with Gasteiger partial charge in [-0.25, -0.2) is 8.78 Å². The second-order valence-corrected chi connectivity index (χ2v) is 8.09. The van der Waals surface area contributed by atoms with E-state index in [1.807, 2.05) is 0 Å². The zero-order valence-electron chi connectivity index (χ0n) is 16.3. The van der Waals surface area contributed by atoms with E-state index in [2.05, 4.69) is 10.4 Å². The molecule has 0 spiro atoms. The lowest BCUT2D eigenvalue weighted by Gasteiger charge is -2.28. The summed E-state index contributed by atoms with van der Waals surface area (Å²) < 4.78 is 68.3. The van der Waals surface area contributed by atoms with Gasteiger partial charge in [0, 0.05) is 30.7 Å². The average Bonchev–Trinajstić information content (AvgIpc) is 2.81. The molecule has 1 saturated carbocycles. The zero-order valence-corrected chi connectivity index (χ0v) is 16.3. The Balaban J connectivity index is 1.97. The normalized spacial score (nSPS) is 15.3. The Kier molecular flexibility index (Phi) is 5.44. The molecule has 0 bridgehead atoms. The minimum Gasteiger partial charge on any atom is -0.311 e. The molecule has 1 aliphatic carbocycles. The van der Waals surface area contributed by atoms with E-state index in [0.29, 0.717) is 5.56 Å². The second-order valence-electron chi connectivity index (χ2n) is 8.09. The molecule has 3 rings (SSSR count). The molecule has 1 fully saturated rings. The first-order valence-electron chi connectivity index (χ1n) is 9.29. The van der Waals surface area contributed by atoms with Crippen molar-refractivity contribution in [1.82, 2.24) is 9.78 Å². The van der Waals surface area contributed by atoms with Crippen LogP contribution >= 0.6 is 0 Å². The molecule has 1 aromatic carbocycles. The number of anilines is 1. The predicted molar refractivity (Wildman–Crippen MR) is 98.2 cm³/mol. The molecule has 1 amide bonds. The monoisotopic (exact) mass is 415 g/mol. The van der Waals surface area contributed by atoms with Crippen molar-refractivity contribution in [2.75, 3.05) is 5.32 Å². The van der Waals surface area contributed by atoms with Crippen LogP contribution in [0, 0.1) is 17.0 Å². The number of alkyl halides is 3. The number of carbonyl (C=O) groups is 1. The van der Waals surface area contributed by atoms with Crippen LogP contribution in [0.4, 0.5) is 27.8 Å². The lowest BCUT2D eigenvalue weighted by Crippen LogP contribution is -2.36. The molecule has 0 saturated heterocycles. The molecule has 1 aromatic heterocycles. The Bertz CT molecular complexity index is 929. The molecule has 1 aliphatic rings. The number of amides is 1. The molecule has 0 aliphatic heterocycles. The number of rotatable bonds is 5. The van der Waals surface area contributed by atoms with Crippen molar-refractivity contribution < 1.29 is 26.7 Å². The van der Waals surface area contributed by atoms with Crippen LogP contribution in [-0.2, 0) is 11.8 Å². The number of aromatic nitrogens is 2. The third kappa shape index (κ3) is 4.13. The second kappa shape index (κ2) is 7.42. The zero-order chi connectivity index (χ0) is 21.6. The smallest absolute Gasteiger partial charge is 0.311 e. The predicted octanol–water partition coefficient (Wildman–Crippen LogP) is 5.55.